The molecule has 2 fully saturated rings. The Balaban J connectivity index is 1.81. The maximum atomic E-state index is 12.0. The average molecular weight is 267 g/mol. The van der Waals surface area contributed by atoms with Crippen LogP contribution in [0.25, 0.3) is 0 Å². The van der Waals surface area contributed by atoms with Crippen molar-refractivity contribution in [3.05, 3.63) is 0 Å². The van der Waals surface area contributed by atoms with Gasteiger partial charge < -0.3 is 10.1 Å². The van der Waals surface area contributed by atoms with Crippen LogP contribution in [0.15, 0.2) is 0 Å². The Morgan fingerprint density at radius 3 is 2.37 bits per heavy atom. The second-order valence-corrected chi connectivity index (χ2v) is 7.55. The Morgan fingerprint density at radius 1 is 1.21 bits per heavy atom. The first-order valence-corrected chi connectivity index (χ1v) is 7.75. The van der Waals surface area contributed by atoms with E-state index < -0.39 is 5.60 Å². The molecule has 5 unspecified atom stereocenters. The lowest BCUT2D eigenvalue weighted by Crippen LogP contribution is -2.46. The summed E-state index contributed by atoms with van der Waals surface area (Å²) < 4.78 is 5.42. The summed E-state index contributed by atoms with van der Waals surface area (Å²) in [5.74, 6) is 2.46. The topological polar surface area (TPSA) is 38.3 Å². The van der Waals surface area contributed by atoms with Gasteiger partial charge in [-0.25, -0.2) is 0 Å². The molecular formula is C16H29NO2. The number of hydrogen-bond donors (Lipinski definition) is 1. The van der Waals surface area contributed by atoms with Crippen molar-refractivity contribution in [3.63, 3.8) is 0 Å². The molecule has 19 heavy (non-hydrogen) atoms. The van der Waals surface area contributed by atoms with Crippen LogP contribution in [0, 0.1) is 17.8 Å². The Labute approximate surface area is 117 Å². The fraction of sp³-hybridized carbons (Fsp3) is 0.938. The van der Waals surface area contributed by atoms with Crippen LogP contribution in [-0.2, 0) is 9.53 Å². The van der Waals surface area contributed by atoms with Crippen molar-refractivity contribution in [1.29, 1.82) is 0 Å². The normalized spacial score (nSPS) is 33.2. The minimum Gasteiger partial charge on any atom is -0.459 e. The van der Waals surface area contributed by atoms with Crippen LogP contribution in [0.3, 0.4) is 0 Å². The van der Waals surface area contributed by atoms with E-state index in [2.05, 4.69) is 12.2 Å². The highest BCUT2D eigenvalue weighted by Gasteiger charge is 2.42. The summed E-state index contributed by atoms with van der Waals surface area (Å²) >= 11 is 0. The number of rotatable bonds is 4. The van der Waals surface area contributed by atoms with Gasteiger partial charge in [-0.15, -0.1) is 0 Å². The van der Waals surface area contributed by atoms with Crippen LogP contribution in [0.4, 0.5) is 0 Å². The quantitative estimate of drug-likeness (QED) is 0.795. The minimum atomic E-state index is -0.400. The van der Waals surface area contributed by atoms with Gasteiger partial charge in [-0.3, -0.25) is 4.79 Å². The zero-order chi connectivity index (χ0) is 14.2. The first-order chi connectivity index (χ1) is 8.76. The molecule has 0 heterocycles. The molecule has 0 radical (unpaired) electrons. The molecule has 5 atom stereocenters. The van der Waals surface area contributed by atoms with Gasteiger partial charge in [-0.05, 0) is 71.6 Å². The lowest BCUT2D eigenvalue weighted by Gasteiger charge is -2.31. The number of fused-ring (bicyclic) bond motifs is 2. The highest BCUT2D eigenvalue weighted by molar-refractivity contribution is 5.75. The Morgan fingerprint density at radius 2 is 1.89 bits per heavy atom. The van der Waals surface area contributed by atoms with Gasteiger partial charge in [0, 0.05) is 6.04 Å². The molecule has 0 aliphatic heterocycles. The Bertz CT molecular complexity index is 334. The van der Waals surface area contributed by atoms with Gasteiger partial charge in [0.05, 0.1) is 0 Å². The number of ether oxygens (including phenoxy) is 1. The van der Waals surface area contributed by atoms with Gasteiger partial charge in [-0.1, -0.05) is 6.42 Å². The third-order valence-electron chi connectivity index (χ3n) is 4.71. The maximum Gasteiger partial charge on any atom is 0.323 e. The van der Waals surface area contributed by atoms with Crippen molar-refractivity contribution in [3.8, 4) is 0 Å². The van der Waals surface area contributed by atoms with Crippen LogP contribution >= 0.6 is 0 Å². The molecule has 0 aromatic heterocycles. The van der Waals surface area contributed by atoms with Crippen molar-refractivity contribution >= 4 is 5.97 Å². The van der Waals surface area contributed by atoms with Gasteiger partial charge in [-0.2, -0.15) is 0 Å². The minimum absolute atomic E-state index is 0.137. The molecule has 2 bridgehead atoms. The average Bonchev–Trinajstić information content (AvgIpc) is 2.87. The van der Waals surface area contributed by atoms with Crippen molar-refractivity contribution < 1.29 is 9.53 Å². The molecule has 0 aromatic carbocycles. The summed E-state index contributed by atoms with van der Waals surface area (Å²) in [4.78, 5) is 12.0. The SMILES string of the molecule is CC(NC(C)C1CC2CCC1C2)C(=O)OC(C)(C)C. The smallest absolute Gasteiger partial charge is 0.323 e. The predicted molar refractivity (Wildman–Crippen MR) is 76.8 cm³/mol. The van der Waals surface area contributed by atoms with E-state index >= 15 is 0 Å². The van der Waals surface area contributed by atoms with Gasteiger partial charge in [0.2, 0.25) is 0 Å². The molecule has 2 saturated carbocycles. The van der Waals surface area contributed by atoms with Crippen LogP contribution in [0.5, 0.6) is 0 Å². The molecule has 3 nitrogen and oxygen atoms in total. The summed E-state index contributed by atoms with van der Waals surface area (Å²) in [6.07, 6.45) is 5.58. The molecule has 0 amide bonds. The standard InChI is InChI=1S/C16H29NO2/c1-10(14-9-12-6-7-13(14)8-12)17-11(2)15(18)19-16(3,4)5/h10-14,17H,6-9H2,1-5H3. The number of carbonyl (C=O) groups excluding carboxylic acids is 1. The first kappa shape index (κ1) is 14.8. The lowest BCUT2D eigenvalue weighted by molar-refractivity contribution is -0.157. The fourth-order valence-corrected chi connectivity index (χ4v) is 3.88. The first-order valence-electron chi connectivity index (χ1n) is 7.75. The molecule has 110 valence electrons. The van der Waals surface area contributed by atoms with Gasteiger partial charge >= 0.3 is 5.97 Å². The van der Waals surface area contributed by atoms with Crippen molar-refractivity contribution in [2.24, 2.45) is 17.8 Å². The highest BCUT2D eigenvalue weighted by Crippen LogP contribution is 2.49. The predicted octanol–water partition coefficient (Wildman–Crippen LogP) is 3.13. The van der Waals surface area contributed by atoms with E-state index in [9.17, 15) is 4.79 Å². The summed E-state index contributed by atoms with van der Waals surface area (Å²) in [6, 6.07) is 0.200. The lowest BCUT2D eigenvalue weighted by atomic mass is 9.84. The van der Waals surface area contributed by atoms with Crippen LogP contribution in [0.1, 0.15) is 60.3 Å². The summed E-state index contributed by atoms with van der Waals surface area (Å²) in [5, 5.41) is 3.45. The second-order valence-electron chi connectivity index (χ2n) is 7.55. The highest BCUT2D eigenvalue weighted by atomic mass is 16.6. The molecule has 3 heteroatoms. The van der Waals surface area contributed by atoms with Gasteiger partial charge in [0.15, 0.2) is 0 Å². The number of carbonyl (C=O) groups is 1. The molecule has 0 saturated heterocycles. The third kappa shape index (κ3) is 3.71. The maximum absolute atomic E-state index is 12.0. The summed E-state index contributed by atoms with van der Waals surface area (Å²) in [7, 11) is 0. The van der Waals surface area contributed by atoms with Crippen molar-refractivity contribution in [1.82, 2.24) is 5.32 Å². The van der Waals surface area contributed by atoms with Crippen molar-refractivity contribution in [2.75, 3.05) is 0 Å². The Kier molecular flexibility index (Phi) is 4.24. The zero-order valence-corrected chi connectivity index (χ0v) is 13.0. The van der Waals surface area contributed by atoms with E-state index in [0.29, 0.717) is 6.04 Å². The molecule has 2 aliphatic carbocycles. The van der Waals surface area contributed by atoms with Crippen LogP contribution < -0.4 is 5.32 Å². The molecule has 0 spiro atoms. The third-order valence-corrected chi connectivity index (χ3v) is 4.71. The summed E-state index contributed by atoms with van der Waals surface area (Å²) in [6.45, 7) is 9.88. The molecular weight excluding hydrogens is 238 g/mol. The Hall–Kier alpha value is -0.570. The fourth-order valence-electron chi connectivity index (χ4n) is 3.88. The monoisotopic (exact) mass is 267 g/mol. The largest absolute Gasteiger partial charge is 0.459 e. The van der Waals surface area contributed by atoms with E-state index in [4.69, 9.17) is 4.74 Å². The van der Waals surface area contributed by atoms with E-state index in [1.807, 2.05) is 27.7 Å². The number of hydrogen-bond acceptors (Lipinski definition) is 3. The zero-order valence-electron chi connectivity index (χ0n) is 13.0. The van der Waals surface area contributed by atoms with Gasteiger partial charge in [0.25, 0.3) is 0 Å². The van der Waals surface area contributed by atoms with E-state index in [1.54, 1.807) is 0 Å². The van der Waals surface area contributed by atoms with Gasteiger partial charge in [0.1, 0.15) is 11.6 Å². The van der Waals surface area contributed by atoms with Crippen LogP contribution in [0.2, 0.25) is 0 Å². The van der Waals surface area contributed by atoms with E-state index in [1.165, 1.54) is 25.7 Å². The number of nitrogens with one attached hydrogen (secondary N) is 1. The second kappa shape index (κ2) is 5.43. The summed E-state index contributed by atoms with van der Waals surface area (Å²) in [5.41, 5.74) is -0.400. The number of esters is 1. The molecule has 1 N–H and O–H groups in total. The molecule has 2 rings (SSSR count). The van der Waals surface area contributed by atoms with Crippen molar-refractivity contribution in [2.45, 2.75) is 78.0 Å². The molecule has 0 aromatic rings. The van der Waals surface area contributed by atoms with E-state index in [-0.39, 0.29) is 12.0 Å². The molecule has 2 aliphatic rings. The van der Waals surface area contributed by atoms with E-state index in [0.717, 1.165) is 17.8 Å². The van der Waals surface area contributed by atoms with Crippen LogP contribution in [-0.4, -0.2) is 23.7 Å².